The largest absolute Gasteiger partial charge is 0.0843 e. The van der Waals surface area contributed by atoms with Gasteiger partial charge in [0.15, 0.2) is 0 Å². The van der Waals surface area contributed by atoms with Gasteiger partial charge in [-0.1, -0.05) is 30.4 Å². The van der Waals surface area contributed by atoms with Crippen LogP contribution < -0.4 is 0 Å². The van der Waals surface area contributed by atoms with Crippen molar-refractivity contribution < 1.29 is 0 Å². The van der Waals surface area contributed by atoms with Crippen molar-refractivity contribution in [3.8, 4) is 0 Å². The minimum atomic E-state index is 0.823. The zero-order valence-corrected chi connectivity index (χ0v) is 6.08. The standard InChI is InChI=1S/C8H9S/c1-2-7-5-3-4-6-8(7)9/h3-5H,1-2,6H2. The molecule has 0 aromatic heterocycles. The monoisotopic (exact) mass is 137 g/mol. The molecule has 0 unspecified atom stereocenters. The highest BCUT2D eigenvalue weighted by Gasteiger charge is 2.01. The van der Waals surface area contributed by atoms with E-state index in [-0.39, 0.29) is 0 Å². The third-order valence-corrected chi connectivity index (χ3v) is 1.79. The van der Waals surface area contributed by atoms with E-state index in [4.69, 9.17) is 12.2 Å². The fraction of sp³-hybridized carbons (Fsp3) is 0.250. The van der Waals surface area contributed by atoms with Crippen molar-refractivity contribution in [2.75, 3.05) is 0 Å². The molecule has 0 N–H and O–H groups in total. The van der Waals surface area contributed by atoms with Crippen LogP contribution in [0.1, 0.15) is 12.8 Å². The zero-order chi connectivity index (χ0) is 6.69. The van der Waals surface area contributed by atoms with Crippen LogP contribution in [0.2, 0.25) is 0 Å². The smallest absolute Gasteiger partial charge is 0.0221 e. The second-order valence-corrected chi connectivity index (χ2v) is 2.49. The second kappa shape index (κ2) is 2.92. The lowest BCUT2D eigenvalue weighted by atomic mass is 10.0. The first kappa shape index (κ1) is 6.69. The summed E-state index contributed by atoms with van der Waals surface area (Å²) in [6, 6.07) is 0. The van der Waals surface area contributed by atoms with E-state index in [2.05, 4.69) is 13.0 Å². The maximum Gasteiger partial charge on any atom is 0.0221 e. The van der Waals surface area contributed by atoms with Gasteiger partial charge >= 0.3 is 0 Å². The lowest BCUT2D eigenvalue weighted by molar-refractivity contribution is 1.28. The number of rotatable bonds is 1. The van der Waals surface area contributed by atoms with E-state index in [1.165, 1.54) is 5.57 Å². The maximum absolute atomic E-state index is 5.07. The Kier molecular flexibility index (Phi) is 2.17. The summed E-state index contributed by atoms with van der Waals surface area (Å²) < 4.78 is 0. The molecule has 1 rings (SSSR count). The van der Waals surface area contributed by atoms with Gasteiger partial charge in [-0.25, -0.2) is 0 Å². The molecule has 0 bridgehead atoms. The van der Waals surface area contributed by atoms with Crippen molar-refractivity contribution in [2.24, 2.45) is 0 Å². The first-order valence-corrected chi connectivity index (χ1v) is 3.43. The summed E-state index contributed by atoms with van der Waals surface area (Å²) in [5, 5.41) is 0. The highest BCUT2D eigenvalue weighted by molar-refractivity contribution is 7.80. The van der Waals surface area contributed by atoms with E-state index in [0.29, 0.717) is 0 Å². The Morgan fingerprint density at radius 2 is 2.44 bits per heavy atom. The molecule has 0 nitrogen and oxygen atoms in total. The van der Waals surface area contributed by atoms with Gasteiger partial charge in [-0.15, -0.1) is 0 Å². The molecule has 0 aromatic carbocycles. The summed E-state index contributed by atoms with van der Waals surface area (Å²) in [4.78, 5) is 1.05. The van der Waals surface area contributed by atoms with E-state index < -0.39 is 0 Å². The predicted octanol–water partition coefficient (Wildman–Crippen LogP) is 2.47. The van der Waals surface area contributed by atoms with Gasteiger partial charge in [-0.3, -0.25) is 0 Å². The van der Waals surface area contributed by atoms with E-state index in [1.807, 2.05) is 12.2 Å². The van der Waals surface area contributed by atoms with Gasteiger partial charge < -0.3 is 0 Å². The van der Waals surface area contributed by atoms with Crippen molar-refractivity contribution in [1.82, 2.24) is 0 Å². The molecule has 1 heteroatoms. The molecule has 0 amide bonds. The van der Waals surface area contributed by atoms with Gasteiger partial charge in [-0.2, -0.15) is 0 Å². The van der Waals surface area contributed by atoms with Crippen LogP contribution in [-0.2, 0) is 0 Å². The molecule has 9 heavy (non-hydrogen) atoms. The van der Waals surface area contributed by atoms with Crippen LogP contribution in [0.25, 0.3) is 0 Å². The maximum atomic E-state index is 5.07. The fourth-order valence-electron chi connectivity index (χ4n) is 0.806. The summed E-state index contributed by atoms with van der Waals surface area (Å²) in [5.74, 6) is 0. The summed E-state index contributed by atoms with van der Waals surface area (Å²) in [6.07, 6.45) is 7.90. The lowest BCUT2D eigenvalue weighted by Crippen LogP contribution is -1.99. The topological polar surface area (TPSA) is 0 Å². The van der Waals surface area contributed by atoms with Crippen molar-refractivity contribution in [2.45, 2.75) is 12.8 Å². The molecule has 0 heterocycles. The minimum absolute atomic E-state index is 0.823. The van der Waals surface area contributed by atoms with Gasteiger partial charge in [0.2, 0.25) is 0 Å². The molecular formula is C8H9S. The van der Waals surface area contributed by atoms with E-state index in [9.17, 15) is 0 Å². The molecule has 1 aliphatic rings. The number of hydrogen-bond donors (Lipinski definition) is 0. The van der Waals surface area contributed by atoms with Crippen LogP contribution in [0, 0.1) is 6.92 Å². The lowest BCUT2D eigenvalue weighted by Gasteiger charge is -2.05. The molecule has 0 aliphatic heterocycles. The van der Waals surface area contributed by atoms with Crippen LogP contribution in [-0.4, -0.2) is 4.86 Å². The quantitative estimate of drug-likeness (QED) is 0.500. The van der Waals surface area contributed by atoms with E-state index >= 15 is 0 Å². The molecule has 1 aliphatic carbocycles. The van der Waals surface area contributed by atoms with Crippen molar-refractivity contribution in [3.63, 3.8) is 0 Å². The highest BCUT2D eigenvalue weighted by Crippen LogP contribution is 2.11. The molecule has 0 fully saturated rings. The Morgan fingerprint density at radius 3 is 2.89 bits per heavy atom. The predicted molar refractivity (Wildman–Crippen MR) is 44.4 cm³/mol. The molecule has 0 saturated heterocycles. The van der Waals surface area contributed by atoms with Crippen molar-refractivity contribution >= 4 is 17.1 Å². The fourth-order valence-corrected chi connectivity index (χ4v) is 1.07. The highest BCUT2D eigenvalue weighted by atomic mass is 32.1. The summed E-state index contributed by atoms with van der Waals surface area (Å²) >= 11 is 5.07. The van der Waals surface area contributed by atoms with Crippen LogP contribution >= 0.6 is 12.2 Å². The molecule has 1 radical (unpaired) electrons. The summed E-state index contributed by atoms with van der Waals surface area (Å²) in [6.45, 7) is 3.77. The molecule has 0 atom stereocenters. The second-order valence-electron chi connectivity index (χ2n) is 2.00. The number of thiocarbonyl (C=S) groups is 1. The average Bonchev–Trinajstić information content (AvgIpc) is 1.89. The normalized spacial score (nSPS) is 17.9. The Balaban J connectivity index is 2.74. The van der Waals surface area contributed by atoms with Gasteiger partial charge in [0.05, 0.1) is 0 Å². The average molecular weight is 137 g/mol. The SMILES string of the molecule is [CH2]CC1=CC=CCC1=S. The van der Waals surface area contributed by atoms with Gasteiger partial charge in [0.25, 0.3) is 0 Å². The van der Waals surface area contributed by atoms with Crippen molar-refractivity contribution in [3.05, 3.63) is 30.7 Å². The van der Waals surface area contributed by atoms with Gasteiger partial charge in [0.1, 0.15) is 0 Å². The Labute approximate surface area is 61.3 Å². The van der Waals surface area contributed by atoms with Gasteiger partial charge in [0, 0.05) is 11.3 Å². The summed E-state index contributed by atoms with van der Waals surface area (Å²) in [5.41, 5.74) is 1.22. The molecular weight excluding hydrogens is 128 g/mol. The minimum Gasteiger partial charge on any atom is -0.0843 e. The van der Waals surface area contributed by atoms with Crippen LogP contribution in [0.3, 0.4) is 0 Å². The van der Waals surface area contributed by atoms with Gasteiger partial charge in [-0.05, 0) is 18.9 Å². The van der Waals surface area contributed by atoms with Crippen LogP contribution in [0.4, 0.5) is 0 Å². The summed E-state index contributed by atoms with van der Waals surface area (Å²) in [7, 11) is 0. The molecule has 0 spiro atoms. The number of allylic oxidation sites excluding steroid dienone is 4. The van der Waals surface area contributed by atoms with Crippen LogP contribution in [0.5, 0.6) is 0 Å². The van der Waals surface area contributed by atoms with Crippen molar-refractivity contribution in [1.29, 1.82) is 0 Å². The molecule has 0 aromatic rings. The third kappa shape index (κ3) is 1.49. The Bertz CT molecular complexity index is 175. The Hall–Kier alpha value is -0.430. The number of hydrogen-bond acceptors (Lipinski definition) is 1. The molecule has 0 saturated carbocycles. The Morgan fingerprint density at radius 1 is 1.67 bits per heavy atom. The molecule has 47 valence electrons. The van der Waals surface area contributed by atoms with Crippen LogP contribution in [0.15, 0.2) is 23.8 Å². The zero-order valence-electron chi connectivity index (χ0n) is 5.26. The first-order valence-electron chi connectivity index (χ1n) is 3.02. The van der Waals surface area contributed by atoms with E-state index in [1.54, 1.807) is 0 Å². The van der Waals surface area contributed by atoms with E-state index in [0.717, 1.165) is 17.7 Å². The third-order valence-electron chi connectivity index (χ3n) is 1.36. The first-order chi connectivity index (χ1) is 4.34.